The van der Waals surface area contributed by atoms with Crippen molar-refractivity contribution in [3.63, 3.8) is 0 Å². The van der Waals surface area contributed by atoms with Gasteiger partial charge in [-0.3, -0.25) is 9.36 Å². The molecule has 0 aliphatic heterocycles. The molecule has 0 unspecified atom stereocenters. The number of benzene rings is 2. The molecule has 0 radical (unpaired) electrons. The molecule has 0 bridgehead atoms. The zero-order valence-corrected chi connectivity index (χ0v) is 18.2. The molecule has 6 nitrogen and oxygen atoms in total. The van der Waals surface area contributed by atoms with E-state index in [0.717, 1.165) is 24.0 Å². The predicted molar refractivity (Wildman–Crippen MR) is 118 cm³/mol. The van der Waals surface area contributed by atoms with Gasteiger partial charge in [0.2, 0.25) is 5.91 Å². The number of amides is 1. The maximum absolute atomic E-state index is 12.9. The summed E-state index contributed by atoms with van der Waals surface area (Å²) < 4.78 is 2.88. The molecule has 30 heavy (non-hydrogen) atoms. The van der Waals surface area contributed by atoms with Gasteiger partial charge >= 0.3 is 5.69 Å². The van der Waals surface area contributed by atoms with Crippen molar-refractivity contribution in [2.45, 2.75) is 31.8 Å². The molecule has 0 atom stereocenters. The minimum atomic E-state index is -0.302. The summed E-state index contributed by atoms with van der Waals surface area (Å²) in [6, 6.07) is 12.6. The Morgan fingerprint density at radius 3 is 2.37 bits per heavy atom. The summed E-state index contributed by atoms with van der Waals surface area (Å²) in [5.74, 6) is 0.248. The van der Waals surface area contributed by atoms with Crippen LogP contribution in [0.4, 0.5) is 0 Å². The number of carbonyl (C=O) groups is 1. The number of rotatable bonds is 7. The maximum Gasteiger partial charge on any atom is 0.346 e. The van der Waals surface area contributed by atoms with Crippen LogP contribution in [0.3, 0.4) is 0 Å². The van der Waals surface area contributed by atoms with Gasteiger partial charge in [0, 0.05) is 33.2 Å². The van der Waals surface area contributed by atoms with Crippen LogP contribution >= 0.6 is 34.8 Å². The molecule has 4 rings (SSSR count). The maximum atomic E-state index is 12.9. The molecule has 1 aromatic heterocycles. The minimum Gasteiger partial charge on any atom is -0.354 e. The SMILES string of the molecule is O=C(Cn1nc(-c2ccc(Cl)cc2)n(C2CC2)c1=O)NCCc1c(Cl)cccc1Cl. The van der Waals surface area contributed by atoms with Crippen LogP contribution in [-0.4, -0.2) is 26.8 Å². The Bertz CT molecular complexity index is 1110. The van der Waals surface area contributed by atoms with Crippen LogP contribution in [-0.2, 0) is 17.8 Å². The van der Waals surface area contributed by atoms with E-state index in [1.807, 2.05) is 12.1 Å². The fourth-order valence-electron chi connectivity index (χ4n) is 3.27. The molecule has 9 heteroatoms. The Morgan fingerprint density at radius 2 is 1.73 bits per heavy atom. The second kappa shape index (κ2) is 8.84. The topological polar surface area (TPSA) is 68.9 Å². The lowest BCUT2D eigenvalue weighted by Gasteiger charge is -2.08. The van der Waals surface area contributed by atoms with Crippen LogP contribution in [0.2, 0.25) is 15.1 Å². The van der Waals surface area contributed by atoms with Crippen molar-refractivity contribution < 1.29 is 4.79 Å². The molecule has 3 aromatic rings. The predicted octanol–water partition coefficient (Wildman–Crippen LogP) is 4.37. The van der Waals surface area contributed by atoms with Crippen LogP contribution in [0.5, 0.6) is 0 Å². The van der Waals surface area contributed by atoms with Crippen molar-refractivity contribution in [1.82, 2.24) is 19.7 Å². The average molecular weight is 466 g/mol. The van der Waals surface area contributed by atoms with Gasteiger partial charge in [-0.2, -0.15) is 0 Å². The number of nitrogens with one attached hydrogen (secondary N) is 1. The van der Waals surface area contributed by atoms with Gasteiger partial charge in [-0.1, -0.05) is 40.9 Å². The van der Waals surface area contributed by atoms with Crippen molar-refractivity contribution in [1.29, 1.82) is 0 Å². The highest BCUT2D eigenvalue weighted by atomic mass is 35.5. The highest BCUT2D eigenvalue weighted by Gasteiger charge is 2.30. The second-order valence-corrected chi connectivity index (χ2v) is 8.42. The summed E-state index contributed by atoms with van der Waals surface area (Å²) in [7, 11) is 0. The van der Waals surface area contributed by atoms with E-state index >= 15 is 0 Å². The van der Waals surface area contributed by atoms with E-state index in [1.54, 1.807) is 34.9 Å². The van der Waals surface area contributed by atoms with Gasteiger partial charge in [-0.05, 0) is 61.2 Å². The van der Waals surface area contributed by atoms with E-state index in [4.69, 9.17) is 34.8 Å². The number of hydrogen-bond acceptors (Lipinski definition) is 3. The lowest BCUT2D eigenvalue weighted by atomic mass is 10.1. The lowest BCUT2D eigenvalue weighted by molar-refractivity contribution is -0.121. The van der Waals surface area contributed by atoms with Crippen LogP contribution < -0.4 is 11.0 Å². The molecule has 1 aliphatic rings. The first-order chi connectivity index (χ1) is 14.4. The molecule has 0 saturated heterocycles. The summed E-state index contributed by atoms with van der Waals surface area (Å²) in [4.78, 5) is 25.3. The van der Waals surface area contributed by atoms with Crippen LogP contribution in [0.1, 0.15) is 24.4 Å². The Hall–Kier alpha value is -2.28. The first-order valence-electron chi connectivity index (χ1n) is 9.59. The third-order valence-electron chi connectivity index (χ3n) is 4.94. The van der Waals surface area contributed by atoms with E-state index < -0.39 is 0 Å². The molecule has 1 saturated carbocycles. The first kappa shape index (κ1) is 21.0. The van der Waals surface area contributed by atoms with E-state index in [1.165, 1.54) is 4.68 Å². The number of carbonyl (C=O) groups excluding carboxylic acids is 1. The average Bonchev–Trinajstić information content (AvgIpc) is 3.50. The molecule has 1 amide bonds. The number of aromatic nitrogens is 3. The van der Waals surface area contributed by atoms with E-state index in [-0.39, 0.29) is 24.2 Å². The van der Waals surface area contributed by atoms with Crippen molar-refractivity contribution in [2.75, 3.05) is 6.54 Å². The quantitative estimate of drug-likeness (QED) is 0.563. The van der Waals surface area contributed by atoms with E-state index in [9.17, 15) is 9.59 Å². The molecule has 0 spiro atoms. The normalized spacial score (nSPS) is 13.4. The Morgan fingerprint density at radius 1 is 1.07 bits per heavy atom. The minimum absolute atomic E-state index is 0.127. The number of halogens is 3. The van der Waals surface area contributed by atoms with Gasteiger partial charge in [-0.25, -0.2) is 9.48 Å². The van der Waals surface area contributed by atoms with Gasteiger partial charge < -0.3 is 5.32 Å². The Balaban J connectivity index is 1.46. The Kier molecular flexibility index (Phi) is 6.18. The van der Waals surface area contributed by atoms with Gasteiger partial charge in [0.05, 0.1) is 0 Å². The van der Waals surface area contributed by atoms with Gasteiger partial charge in [0.25, 0.3) is 0 Å². The summed E-state index contributed by atoms with van der Waals surface area (Å²) in [5.41, 5.74) is 1.28. The molecule has 1 aliphatic carbocycles. The summed E-state index contributed by atoms with van der Waals surface area (Å²) >= 11 is 18.3. The first-order valence-corrected chi connectivity index (χ1v) is 10.7. The highest BCUT2D eigenvalue weighted by molar-refractivity contribution is 6.36. The molecule has 1 heterocycles. The van der Waals surface area contributed by atoms with Crippen molar-refractivity contribution in [3.8, 4) is 11.4 Å². The zero-order valence-electron chi connectivity index (χ0n) is 15.9. The van der Waals surface area contributed by atoms with Crippen LogP contribution in [0, 0.1) is 0 Å². The van der Waals surface area contributed by atoms with Gasteiger partial charge in [0.1, 0.15) is 6.54 Å². The molecular weight excluding hydrogens is 447 g/mol. The van der Waals surface area contributed by atoms with Crippen LogP contribution in [0.25, 0.3) is 11.4 Å². The Labute approximate surface area is 188 Å². The summed E-state index contributed by atoms with van der Waals surface area (Å²) in [5, 5.41) is 8.95. The molecule has 1 fully saturated rings. The molecule has 156 valence electrons. The number of hydrogen-bond donors (Lipinski definition) is 1. The third-order valence-corrected chi connectivity index (χ3v) is 5.90. The van der Waals surface area contributed by atoms with Gasteiger partial charge in [-0.15, -0.1) is 5.10 Å². The van der Waals surface area contributed by atoms with Crippen LogP contribution in [0.15, 0.2) is 47.3 Å². The fraction of sp³-hybridized carbons (Fsp3) is 0.286. The highest BCUT2D eigenvalue weighted by Crippen LogP contribution is 2.36. The summed E-state index contributed by atoms with van der Waals surface area (Å²) in [6.07, 6.45) is 2.35. The third kappa shape index (κ3) is 4.56. The summed E-state index contributed by atoms with van der Waals surface area (Å²) in [6.45, 7) is 0.194. The molecular formula is C21H19Cl3N4O2. The lowest BCUT2D eigenvalue weighted by Crippen LogP contribution is -2.34. The molecule has 1 N–H and O–H groups in total. The second-order valence-electron chi connectivity index (χ2n) is 7.17. The zero-order chi connectivity index (χ0) is 21.3. The van der Waals surface area contributed by atoms with Crippen molar-refractivity contribution >= 4 is 40.7 Å². The largest absolute Gasteiger partial charge is 0.354 e. The smallest absolute Gasteiger partial charge is 0.346 e. The van der Waals surface area contributed by atoms with Crippen molar-refractivity contribution in [3.05, 3.63) is 73.6 Å². The van der Waals surface area contributed by atoms with Gasteiger partial charge in [0.15, 0.2) is 5.82 Å². The monoisotopic (exact) mass is 464 g/mol. The fourth-order valence-corrected chi connectivity index (χ4v) is 3.98. The standard InChI is InChI=1S/C21H19Cl3N4O2/c22-14-6-4-13(5-7-14)20-26-27(21(30)28(20)15-8-9-15)12-19(29)25-11-10-16-17(23)2-1-3-18(16)24/h1-7,15H,8-12H2,(H,25,29). The van der Waals surface area contributed by atoms with E-state index in [0.29, 0.717) is 33.9 Å². The number of nitrogens with zero attached hydrogens (tertiary/aromatic N) is 3. The molecule has 2 aromatic carbocycles. The van der Waals surface area contributed by atoms with E-state index in [2.05, 4.69) is 10.4 Å². The van der Waals surface area contributed by atoms with Crippen molar-refractivity contribution in [2.24, 2.45) is 0 Å².